The highest BCUT2D eigenvalue weighted by Crippen LogP contribution is 2.15. The quantitative estimate of drug-likeness (QED) is 0.517. The molecule has 2 aromatic carbocycles. The summed E-state index contributed by atoms with van der Waals surface area (Å²) in [4.78, 5) is 16.0. The van der Waals surface area contributed by atoms with Crippen LogP contribution in [-0.2, 0) is 28.1 Å². The van der Waals surface area contributed by atoms with Crippen molar-refractivity contribution in [1.29, 1.82) is 0 Å². The van der Waals surface area contributed by atoms with Crippen LogP contribution in [0.15, 0.2) is 53.4 Å². The maximum Gasteiger partial charge on any atom is 0.426 e. The fourth-order valence-electron chi connectivity index (χ4n) is 1.86. The van der Waals surface area contributed by atoms with Crippen LogP contribution in [0, 0.1) is 0 Å². The van der Waals surface area contributed by atoms with Gasteiger partial charge in [-0.2, -0.15) is 0 Å². The molecule has 0 saturated carbocycles. The molecule has 0 aromatic heterocycles. The average Bonchev–Trinajstić information content (AvgIpc) is 2.60. The summed E-state index contributed by atoms with van der Waals surface area (Å²) in [6.45, 7) is -0.372. The van der Waals surface area contributed by atoms with Crippen LogP contribution in [0.4, 0.5) is 4.79 Å². The largest absolute Gasteiger partial charge is 0.426 e. The summed E-state index contributed by atoms with van der Waals surface area (Å²) < 4.78 is 30.8. The molecule has 0 heterocycles. The smallest absolute Gasteiger partial charge is 0.410 e. The van der Waals surface area contributed by atoms with E-state index in [0.29, 0.717) is 11.1 Å². The number of benzene rings is 2. The van der Waals surface area contributed by atoms with Crippen LogP contribution in [0.25, 0.3) is 0 Å². The van der Waals surface area contributed by atoms with Gasteiger partial charge in [-0.25, -0.2) is 22.8 Å². The van der Waals surface area contributed by atoms with Gasteiger partial charge in [0.2, 0.25) is 0 Å². The Morgan fingerprint density at radius 2 is 1.58 bits per heavy atom. The second kappa shape index (κ2) is 8.71. The molecule has 0 fully saturated rings. The second-order valence-electron chi connectivity index (χ2n) is 4.97. The van der Waals surface area contributed by atoms with Gasteiger partial charge in [0, 0.05) is 0 Å². The van der Waals surface area contributed by atoms with Gasteiger partial charge in [-0.1, -0.05) is 24.3 Å². The summed E-state index contributed by atoms with van der Waals surface area (Å²) in [7, 11) is -4.12. The number of hydrogen-bond acceptors (Lipinski definition) is 9. The Hall–Kier alpha value is -2.54. The van der Waals surface area contributed by atoms with E-state index >= 15 is 0 Å². The van der Waals surface area contributed by atoms with Crippen LogP contribution in [0.1, 0.15) is 11.1 Å². The van der Waals surface area contributed by atoms with Crippen LogP contribution in [-0.4, -0.2) is 35.4 Å². The van der Waals surface area contributed by atoms with E-state index in [2.05, 4.69) is 4.84 Å². The van der Waals surface area contributed by atoms with Crippen molar-refractivity contribution >= 4 is 16.1 Å². The first-order chi connectivity index (χ1) is 12.3. The zero-order valence-electron chi connectivity index (χ0n) is 13.3. The normalized spacial score (nSPS) is 11.4. The Morgan fingerprint density at radius 1 is 1.00 bits per heavy atom. The summed E-state index contributed by atoms with van der Waals surface area (Å²) >= 11 is 0. The third-order valence-corrected chi connectivity index (χ3v) is 4.44. The maximum atomic E-state index is 12.1. The average molecular weight is 384 g/mol. The first-order valence-electron chi connectivity index (χ1n) is 7.14. The SMILES string of the molecule is O=C(NS(=O)(=O)c1ccc(CO)cc1)Oc1ccc(CON(O)O)cc1. The molecule has 0 aliphatic carbocycles. The number of aliphatic hydroxyl groups is 1. The lowest BCUT2D eigenvalue weighted by Crippen LogP contribution is -2.33. The molecule has 0 aliphatic rings. The van der Waals surface area contributed by atoms with Gasteiger partial charge in [0.1, 0.15) is 5.75 Å². The number of ether oxygens (including phenoxy) is 1. The van der Waals surface area contributed by atoms with Crippen LogP contribution in [0.3, 0.4) is 0 Å². The topological polar surface area (TPSA) is 146 Å². The second-order valence-corrected chi connectivity index (χ2v) is 6.65. The third kappa shape index (κ3) is 5.77. The van der Waals surface area contributed by atoms with Gasteiger partial charge >= 0.3 is 6.09 Å². The zero-order valence-corrected chi connectivity index (χ0v) is 14.1. The summed E-state index contributed by atoms with van der Waals surface area (Å²) in [6.07, 6.45) is -1.20. The van der Waals surface area contributed by atoms with E-state index in [1.165, 1.54) is 48.5 Å². The van der Waals surface area contributed by atoms with Gasteiger partial charge in [-0.05, 0) is 35.4 Å². The number of carbonyl (C=O) groups excluding carboxylic acids is 1. The van der Waals surface area contributed by atoms with Crippen molar-refractivity contribution in [1.82, 2.24) is 10.1 Å². The molecule has 11 heteroatoms. The molecule has 0 unspecified atom stereocenters. The molecule has 1 amide bonds. The number of hydrogen-bond donors (Lipinski definition) is 4. The van der Waals surface area contributed by atoms with Crippen molar-refractivity contribution < 1.29 is 38.3 Å². The number of nitrogens with one attached hydrogen (secondary N) is 1. The van der Waals surface area contributed by atoms with E-state index in [0.717, 1.165) is 0 Å². The van der Waals surface area contributed by atoms with Crippen molar-refractivity contribution in [2.75, 3.05) is 0 Å². The van der Waals surface area contributed by atoms with Gasteiger partial charge < -0.3 is 9.84 Å². The molecule has 140 valence electrons. The van der Waals surface area contributed by atoms with Crippen molar-refractivity contribution in [2.24, 2.45) is 0 Å². The number of amides is 1. The van der Waals surface area contributed by atoms with Crippen LogP contribution >= 0.6 is 0 Å². The highest BCUT2D eigenvalue weighted by Gasteiger charge is 2.19. The Morgan fingerprint density at radius 3 is 2.12 bits per heavy atom. The van der Waals surface area contributed by atoms with Gasteiger partial charge in [-0.15, -0.1) is 0 Å². The van der Waals surface area contributed by atoms with Gasteiger partial charge in [0.15, 0.2) is 0 Å². The number of rotatable bonds is 7. The van der Waals surface area contributed by atoms with E-state index in [-0.39, 0.29) is 23.9 Å². The predicted molar refractivity (Wildman–Crippen MR) is 85.4 cm³/mol. The predicted octanol–water partition coefficient (Wildman–Crippen LogP) is 1.17. The first kappa shape index (κ1) is 19.8. The highest BCUT2D eigenvalue weighted by molar-refractivity contribution is 7.90. The maximum absolute atomic E-state index is 12.1. The third-order valence-electron chi connectivity index (χ3n) is 3.11. The van der Waals surface area contributed by atoms with Crippen molar-refractivity contribution in [3.8, 4) is 5.75 Å². The van der Waals surface area contributed by atoms with Crippen LogP contribution in [0.5, 0.6) is 5.75 Å². The summed E-state index contributed by atoms with van der Waals surface area (Å²) in [6, 6.07) is 11.0. The molecule has 26 heavy (non-hydrogen) atoms. The Bertz CT molecular complexity index is 835. The minimum absolute atomic E-state index is 0.0712. The van der Waals surface area contributed by atoms with E-state index < -0.39 is 21.5 Å². The van der Waals surface area contributed by atoms with Gasteiger partial charge in [-0.3, -0.25) is 10.4 Å². The van der Waals surface area contributed by atoms with Crippen molar-refractivity contribution in [3.05, 3.63) is 59.7 Å². The molecule has 10 nitrogen and oxygen atoms in total. The van der Waals surface area contributed by atoms with Crippen molar-refractivity contribution in [2.45, 2.75) is 18.1 Å². The number of aliphatic hydroxyl groups excluding tert-OH is 1. The Balaban J connectivity index is 1.96. The molecule has 0 atom stereocenters. The molecule has 0 saturated heterocycles. The Labute approximate surface area is 148 Å². The van der Waals surface area contributed by atoms with Crippen molar-refractivity contribution in [3.63, 3.8) is 0 Å². The van der Waals surface area contributed by atoms with E-state index in [4.69, 9.17) is 20.3 Å². The minimum Gasteiger partial charge on any atom is -0.410 e. The van der Waals surface area contributed by atoms with E-state index in [9.17, 15) is 13.2 Å². The summed E-state index contributed by atoms with van der Waals surface area (Å²) in [5, 5.41) is 25.4. The first-order valence-corrected chi connectivity index (χ1v) is 8.62. The fraction of sp³-hybridized carbons (Fsp3) is 0.133. The molecule has 4 N–H and O–H groups in total. The number of carbonyl (C=O) groups is 1. The highest BCUT2D eigenvalue weighted by atomic mass is 32.2. The molecule has 0 radical (unpaired) electrons. The van der Waals surface area contributed by atoms with E-state index in [1.54, 1.807) is 4.72 Å². The van der Waals surface area contributed by atoms with Crippen LogP contribution < -0.4 is 9.46 Å². The fourth-order valence-corrected chi connectivity index (χ4v) is 2.73. The lowest BCUT2D eigenvalue weighted by atomic mass is 10.2. The minimum atomic E-state index is -4.12. The van der Waals surface area contributed by atoms with Gasteiger partial charge in [0.25, 0.3) is 10.0 Å². The summed E-state index contributed by atoms with van der Waals surface area (Å²) in [5.74, 6) is 0.0712. The molecule has 0 bridgehead atoms. The lowest BCUT2D eigenvalue weighted by Gasteiger charge is -2.09. The monoisotopic (exact) mass is 384 g/mol. The molecule has 2 rings (SSSR count). The number of nitrogens with zero attached hydrogens (tertiary/aromatic N) is 1. The molecule has 0 spiro atoms. The number of sulfonamides is 1. The van der Waals surface area contributed by atoms with E-state index in [1.807, 2.05) is 0 Å². The molecular weight excluding hydrogens is 368 g/mol. The molecular formula is C15H16N2O8S. The molecule has 2 aromatic rings. The lowest BCUT2D eigenvalue weighted by molar-refractivity contribution is -0.497. The van der Waals surface area contributed by atoms with Gasteiger partial charge in [0.05, 0.1) is 23.5 Å². The standard InChI is InChI=1S/C15H16N2O8S/c18-9-11-3-7-14(8-4-11)26(22,23)16-15(19)25-13-5-1-12(2-6-13)10-24-17(20)21/h1-8,18,20-21H,9-10H2,(H,16,19). The summed E-state index contributed by atoms with van der Waals surface area (Å²) in [5.41, 5.74) is 1.07. The van der Waals surface area contributed by atoms with Crippen LogP contribution in [0.2, 0.25) is 0 Å². The zero-order chi connectivity index (χ0) is 19.2. The molecule has 0 aliphatic heterocycles. The Kier molecular flexibility index (Phi) is 6.63.